The van der Waals surface area contributed by atoms with Crippen molar-refractivity contribution >= 4 is 17.4 Å². The molecule has 4 nitrogen and oxygen atoms in total. The standard InChI is InChI=1S/C16H22F3NO3S/c1-9-6-20(14(21)23-15(3,4)5)7-12-13(22-9)11(8-24-12)10(2)16(17,18)19/h8-10H,6-7H2,1-5H3/t9-,10?/m0/s1. The fourth-order valence-corrected chi connectivity index (χ4v) is 3.46. The lowest BCUT2D eigenvalue weighted by molar-refractivity contribution is -0.146. The predicted molar refractivity (Wildman–Crippen MR) is 85.5 cm³/mol. The number of fused-ring (bicyclic) bond motifs is 1. The van der Waals surface area contributed by atoms with Gasteiger partial charge in [0.2, 0.25) is 0 Å². The lowest BCUT2D eigenvalue weighted by atomic mass is 10.0. The van der Waals surface area contributed by atoms with E-state index in [1.165, 1.54) is 21.6 Å². The summed E-state index contributed by atoms with van der Waals surface area (Å²) in [5.74, 6) is -1.36. The van der Waals surface area contributed by atoms with Crippen LogP contribution in [-0.2, 0) is 11.3 Å². The number of thiophene rings is 1. The molecule has 0 aliphatic carbocycles. The summed E-state index contributed by atoms with van der Waals surface area (Å²) in [5.41, 5.74) is -0.512. The molecule has 1 aromatic heterocycles. The van der Waals surface area contributed by atoms with Crippen LogP contribution in [0.3, 0.4) is 0 Å². The van der Waals surface area contributed by atoms with Crippen molar-refractivity contribution in [2.24, 2.45) is 0 Å². The maximum Gasteiger partial charge on any atom is 0.410 e. The van der Waals surface area contributed by atoms with Crippen molar-refractivity contribution in [1.29, 1.82) is 0 Å². The molecule has 0 spiro atoms. The van der Waals surface area contributed by atoms with E-state index in [9.17, 15) is 18.0 Å². The first-order valence-corrected chi connectivity index (χ1v) is 8.58. The van der Waals surface area contributed by atoms with Crippen molar-refractivity contribution in [3.8, 4) is 5.75 Å². The average molecular weight is 365 g/mol. The molecule has 0 aromatic carbocycles. The van der Waals surface area contributed by atoms with Gasteiger partial charge >= 0.3 is 12.3 Å². The Morgan fingerprint density at radius 1 is 1.42 bits per heavy atom. The molecule has 1 aliphatic heterocycles. The molecule has 0 radical (unpaired) electrons. The number of halogens is 3. The van der Waals surface area contributed by atoms with Gasteiger partial charge in [0, 0.05) is 5.56 Å². The first kappa shape index (κ1) is 18.9. The molecule has 2 heterocycles. The SMILES string of the molecule is CC(c1csc2c1O[C@@H](C)CN(C(=O)OC(C)(C)C)C2)C(F)(F)F. The van der Waals surface area contributed by atoms with Crippen molar-refractivity contribution in [3.05, 3.63) is 15.8 Å². The van der Waals surface area contributed by atoms with Crippen molar-refractivity contribution in [2.75, 3.05) is 6.54 Å². The maximum absolute atomic E-state index is 13.0. The molecule has 1 unspecified atom stereocenters. The van der Waals surface area contributed by atoms with Crippen LogP contribution >= 0.6 is 11.3 Å². The highest BCUT2D eigenvalue weighted by molar-refractivity contribution is 7.10. The lowest BCUT2D eigenvalue weighted by Gasteiger charge is -2.27. The zero-order valence-corrected chi connectivity index (χ0v) is 15.2. The van der Waals surface area contributed by atoms with E-state index in [1.807, 2.05) is 0 Å². The Morgan fingerprint density at radius 3 is 2.58 bits per heavy atom. The predicted octanol–water partition coefficient (Wildman–Crippen LogP) is 4.93. The third kappa shape index (κ3) is 4.34. The molecule has 0 bridgehead atoms. The van der Waals surface area contributed by atoms with Gasteiger partial charge in [-0.05, 0) is 40.0 Å². The number of alkyl halides is 3. The van der Waals surface area contributed by atoms with Crippen LogP contribution in [0.1, 0.15) is 51.0 Å². The number of hydrogen-bond acceptors (Lipinski definition) is 4. The van der Waals surface area contributed by atoms with Crippen LogP contribution in [-0.4, -0.2) is 35.4 Å². The molecule has 1 aliphatic rings. The minimum Gasteiger partial charge on any atom is -0.487 e. The Balaban J connectivity index is 2.27. The van der Waals surface area contributed by atoms with E-state index in [1.54, 1.807) is 27.7 Å². The molecule has 0 saturated carbocycles. The van der Waals surface area contributed by atoms with E-state index in [0.717, 1.165) is 6.92 Å². The minimum absolute atomic E-state index is 0.125. The second-order valence-electron chi connectivity index (χ2n) is 7.00. The van der Waals surface area contributed by atoms with Crippen LogP contribution in [0.2, 0.25) is 0 Å². The summed E-state index contributed by atoms with van der Waals surface area (Å²) in [5, 5.41) is 1.47. The van der Waals surface area contributed by atoms with E-state index in [-0.39, 0.29) is 24.4 Å². The van der Waals surface area contributed by atoms with Crippen molar-refractivity contribution in [3.63, 3.8) is 0 Å². The quantitative estimate of drug-likeness (QED) is 0.708. The normalized spacial score (nSPS) is 20.0. The highest BCUT2D eigenvalue weighted by Gasteiger charge is 2.41. The molecular formula is C16H22F3NO3S. The molecular weight excluding hydrogens is 343 g/mol. The van der Waals surface area contributed by atoms with Gasteiger partial charge in [0.25, 0.3) is 0 Å². The van der Waals surface area contributed by atoms with E-state index in [2.05, 4.69) is 0 Å². The topological polar surface area (TPSA) is 38.8 Å². The van der Waals surface area contributed by atoms with Gasteiger partial charge < -0.3 is 9.47 Å². The highest BCUT2D eigenvalue weighted by Crippen LogP contribution is 2.44. The summed E-state index contributed by atoms with van der Waals surface area (Å²) in [6.45, 7) is 8.59. The van der Waals surface area contributed by atoms with Crippen LogP contribution < -0.4 is 4.74 Å². The number of carbonyl (C=O) groups is 1. The van der Waals surface area contributed by atoms with Gasteiger partial charge in [0.05, 0.1) is 23.9 Å². The number of ether oxygens (including phenoxy) is 2. The van der Waals surface area contributed by atoms with Gasteiger partial charge in [0.1, 0.15) is 17.5 Å². The number of amides is 1. The Hall–Kier alpha value is -1.44. The number of nitrogens with zero attached hydrogens (tertiary/aromatic N) is 1. The largest absolute Gasteiger partial charge is 0.487 e. The van der Waals surface area contributed by atoms with Gasteiger partial charge in [0.15, 0.2) is 0 Å². The summed E-state index contributed by atoms with van der Waals surface area (Å²) < 4.78 is 50.2. The fraction of sp³-hybridized carbons (Fsp3) is 0.688. The third-order valence-electron chi connectivity index (χ3n) is 3.58. The molecule has 0 fully saturated rings. The van der Waals surface area contributed by atoms with Crippen molar-refractivity contribution in [2.45, 2.75) is 65.0 Å². The average Bonchev–Trinajstić information content (AvgIpc) is 2.68. The van der Waals surface area contributed by atoms with Gasteiger partial charge in [-0.2, -0.15) is 13.2 Å². The Kier molecular flexibility index (Phi) is 5.09. The fourth-order valence-electron chi connectivity index (χ4n) is 2.37. The first-order valence-electron chi connectivity index (χ1n) is 7.70. The number of carbonyl (C=O) groups excluding carboxylic acids is 1. The van der Waals surface area contributed by atoms with Gasteiger partial charge in [-0.1, -0.05) is 0 Å². The van der Waals surface area contributed by atoms with Crippen molar-refractivity contribution in [1.82, 2.24) is 4.90 Å². The Bertz CT molecular complexity index is 607. The summed E-state index contributed by atoms with van der Waals surface area (Å²) in [4.78, 5) is 14.4. The second-order valence-corrected chi connectivity index (χ2v) is 7.96. The zero-order valence-electron chi connectivity index (χ0n) is 14.4. The Morgan fingerprint density at radius 2 is 2.04 bits per heavy atom. The summed E-state index contributed by atoms with van der Waals surface area (Å²) in [7, 11) is 0. The van der Waals surface area contributed by atoms with E-state index >= 15 is 0 Å². The summed E-state index contributed by atoms with van der Waals surface area (Å²) in [6.07, 6.45) is -5.25. The summed E-state index contributed by atoms with van der Waals surface area (Å²) in [6, 6.07) is 0. The summed E-state index contributed by atoms with van der Waals surface area (Å²) >= 11 is 1.18. The molecule has 136 valence electrons. The van der Waals surface area contributed by atoms with Gasteiger partial charge in [-0.3, -0.25) is 4.90 Å². The minimum atomic E-state index is -4.33. The Labute approximate surface area is 143 Å². The zero-order chi connectivity index (χ0) is 18.3. The first-order chi connectivity index (χ1) is 10.9. The van der Waals surface area contributed by atoms with E-state index in [0.29, 0.717) is 4.88 Å². The number of hydrogen-bond donors (Lipinski definition) is 0. The van der Waals surface area contributed by atoms with Gasteiger partial charge in [-0.25, -0.2) is 4.79 Å². The monoisotopic (exact) mass is 365 g/mol. The van der Waals surface area contributed by atoms with Crippen LogP contribution in [0.5, 0.6) is 5.75 Å². The number of rotatable bonds is 1. The van der Waals surface area contributed by atoms with Crippen LogP contribution in [0.15, 0.2) is 5.38 Å². The van der Waals surface area contributed by atoms with Crippen LogP contribution in [0, 0.1) is 0 Å². The third-order valence-corrected chi connectivity index (χ3v) is 4.55. The molecule has 0 N–H and O–H groups in total. The van der Waals surface area contributed by atoms with E-state index < -0.39 is 29.9 Å². The maximum atomic E-state index is 13.0. The highest BCUT2D eigenvalue weighted by atomic mass is 32.1. The lowest BCUT2D eigenvalue weighted by Crippen LogP contribution is -2.39. The van der Waals surface area contributed by atoms with Gasteiger partial charge in [-0.15, -0.1) is 11.3 Å². The molecule has 0 saturated heterocycles. The van der Waals surface area contributed by atoms with Crippen LogP contribution in [0.4, 0.5) is 18.0 Å². The molecule has 1 amide bonds. The van der Waals surface area contributed by atoms with Crippen molar-refractivity contribution < 1.29 is 27.4 Å². The molecule has 8 heteroatoms. The smallest absolute Gasteiger partial charge is 0.410 e. The molecule has 2 atom stereocenters. The van der Waals surface area contributed by atoms with E-state index in [4.69, 9.17) is 9.47 Å². The molecule has 24 heavy (non-hydrogen) atoms. The molecule has 2 rings (SSSR count). The molecule has 1 aromatic rings. The van der Waals surface area contributed by atoms with Crippen LogP contribution in [0.25, 0.3) is 0 Å². The second kappa shape index (κ2) is 6.46.